The summed E-state index contributed by atoms with van der Waals surface area (Å²) in [6.45, 7) is 0. The average molecular weight is 305 g/mol. The predicted octanol–water partition coefficient (Wildman–Crippen LogP) is 3.60. The van der Waals surface area contributed by atoms with Crippen LogP contribution in [-0.4, -0.2) is 22.9 Å². The number of hydrogen-bond acceptors (Lipinski definition) is 3. The summed E-state index contributed by atoms with van der Waals surface area (Å²) in [7, 11) is 1.28. The summed E-state index contributed by atoms with van der Waals surface area (Å²) in [5.41, 5.74) is 1.17. The molecule has 6 heteroatoms. The Morgan fingerprint density at radius 3 is 2.81 bits per heavy atom. The summed E-state index contributed by atoms with van der Waals surface area (Å²) in [6.07, 6.45) is 1.55. The second kappa shape index (κ2) is 5.18. The van der Waals surface area contributed by atoms with E-state index in [4.69, 9.17) is 11.6 Å². The van der Waals surface area contributed by atoms with Crippen LogP contribution >= 0.6 is 11.6 Å². The Bertz CT molecular complexity index is 845. The fourth-order valence-electron chi connectivity index (χ4n) is 2.13. The van der Waals surface area contributed by atoms with Crippen molar-refractivity contribution in [2.75, 3.05) is 7.11 Å². The lowest BCUT2D eigenvalue weighted by Gasteiger charge is -2.06. The summed E-state index contributed by atoms with van der Waals surface area (Å²) in [6, 6.07) is 9.44. The second-order valence-electron chi connectivity index (χ2n) is 4.39. The maximum atomic E-state index is 13.9. The first-order valence-corrected chi connectivity index (χ1v) is 6.50. The number of fused-ring (bicyclic) bond motifs is 1. The highest BCUT2D eigenvalue weighted by molar-refractivity contribution is 6.34. The van der Waals surface area contributed by atoms with E-state index in [1.54, 1.807) is 36.5 Å². The van der Waals surface area contributed by atoms with E-state index >= 15 is 0 Å². The van der Waals surface area contributed by atoms with Gasteiger partial charge in [0.1, 0.15) is 11.5 Å². The number of esters is 1. The maximum Gasteiger partial charge on any atom is 0.339 e. The van der Waals surface area contributed by atoms with Gasteiger partial charge in [0.25, 0.3) is 0 Å². The van der Waals surface area contributed by atoms with Gasteiger partial charge in [0.05, 0.1) is 29.4 Å². The van der Waals surface area contributed by atoms with E-state index in [1.165, 1.54) is 17.9 Å². The van der Waals surface area contributed by atoms with Gasteiger partial charge in [0, 0.05) is 5.39 Å². The van der Waals surface area contributed by atoms with Crippen LogP contribution in [0.2, 0.25) is 5.02 Å². The van der Waals surface area contributed by atoms with Crippen molar-refractivity contribution in [3.63, 3.8) is 0 Å². The molecule has 0 atom stereocenters. The number of ether oxygens (including phenoxy) is 1. The number of methoxy groups -OCH3 is 1. The highest BCUT2D eigenvalue weighted by Crippen LogP contribution is 2.27. The molecule has 0 radical (unpaired) electrons. The molecule has 106 valence electrons. The molecular weight excluding hydrogens is 295 g/mol. The standard InChI is InChI=1S/C15H10ClFN2O2/c1-21-15(20)10-6-9-8-18-19(14(9)7-11(10)16)13-5-3-2-4-12(13)17/h2-8H,1H3. The molecule has 0 amide bonds. The van der Waals surface area contributed by atoms with Gasteiger partial charge in [0.2, 0.25) is 0 Å². The number of halogens is 2. The molecule has 3 rings (SSSR count). The van der Waals surface area contributed by atoms with Gasteiger partial charge in [-0.3, -0.25) is 0 Å². The van der Waals surface area contributed by atoms with Gasteiger partial charge < -0.3 is 4.74 Å². The molecule has 4 nitrogen and oxygen atoms in total. The van der Waals surface area contributed by atoms with Crippen molar-refractivity contribution in [2.24, 2.45) is 0 Å². The van der Waals surface area contributed by atoms with Crippen LogP contribution in [0.3, 0.4) is 0 Å². The summed E-state index contributed by atoms with van der Waals surface area (Å²) >= 11 is 6.10. The van der Waals surface area contributed by atoms with Crippen molar-refractivity contribution in [3.8, 4) is 5.69 Å². The van der Waals surface area contributed by atoms with Crippen molar-refractivity contribution < 1.29 is 13.9 Å². The molecule has 2 aromatic carbocycles. The van der Waals surface area contributed by atoms with E-state index in [1.807, 2.05) is 0 Å². The molecule has 0 aliphatic rings. The molecule has 0 aliphatic heterocycles. The first-order valence-electron chi connectivity index (χ1n) is 6.12. The van der Waals surface area contributed by atoms with Gasteiger partial charge in [-0.15, -0.1) is 0 Å². The molecule has 1 aromatic heterocycles. The highest BCUT2D eigenvalue weighted by atomic mass is 35.5. The number of carbonyl (C=O) groups is 1. The smallest absolute Gasteiger partial charge is 0.339 e. The highest BCUT2D eigenvalue weighted by Gasteiger charge is 2.15. The molecular formula is C15H10ClFN2O2. The molecule has 0 aliphatic carbocycles. The van der Waals surface area contributed by atoms with Crippen LogP contribution in [0, 0.1) is 5.82 Å². The fraction of sp³-hybridized carbons (Fsp3) is 0.0667. The lowest BCUT2D eigenvalue weighted by molar-refractivity contribution is 0.0601. The molecule has 1 heterocycles. The van der Waals surface area contributed by atoms with E-state index in [-0.39, 0.29) is 10.6 Å². The Hall–Kier alpha value is -2.40. The summed E-state index contributed by atoms with van der Waals surface area (Å²) in [5, 5.41) is 5.06. The van der Waals surface area contributed by atoms with Crippen molar-refractivity contribution in [1.82, 2.24) is 9.78 Å². The minimum Gasteiger partial charge on any atom is -0.465 e. The molecule has 0 unspecified atom stereocenters. The fourth-order valence-corrected chi connectivity index (χ4v) is 2.37. The number of aromatic nitrogens is 2. The van der Waals surface area contributed by atoms with Crippen molar-refractivity contribution >= 4 is 28.5 Å². The Labute approximate surface area is 124 Å². The van der Waals surface area contributed by atoms with Crippen LogP contribution in [-0.2, 0) is 4.74 Å². The van der Waals surface area contributed by atoms with Crippen molar-refractivity contribution in [1.29, 1.82) is 0 Å². The third-order valence-electron chi connectivity index (χ3n) is 3.14. The molecule has 21 heavy (non-hydrogen) atoms. The van der Waals surface area contributed by atoms with Crippen LogP contribution < -0.4 is 0 Å². The zero-order valence-electron chi connectivity index (χ0n) is 11.0. The van der Waals surface area contributed by atoms with Crippen LogP contribution in [0.1, 0.15) is 10.4 Å². The Kier molecular flexibility index (Phi) is 3.35. The van der Waals surface area contributed by atoms with Crippen molar-refractivity contribution in [2.45, 2.75) is 0 Å². The van der Waals surface area contributed by atoms with E-state index in [0.717, 1.165) is 0 Å². The Balaban J connectivity index is 2.22. The largest absolute Gasteiger partial charge is 0.465 e. The molecule has 0 spiro atoms. The number of hydrogen-bond donors (Lipinski definition) is 0. The third-order valence-corrected chi connectivity index (χ3v) is 3.46. The quantitative estimate of drug-likeness (QED) is 0.679. The normalized spacial score (nSPS) is 10.8. The minimum absolute atomic E-state index is 0.229. The summed E-state index contributed by atoms with van der Waals surface area (Å²) in [5.74, 6) is -0.920. The molecule has 0 fully saturated rings. The van der Waals surface area contributed by atoms with Gasteiger partial charge in [-0.25, -0.2) is 13.9 Å². The van der Waals surface area contributed by atoms with E-state index < -0.39 is 11.8 Å². The summed E-state index contributed by atoms with van der Waals surface area (Å²) < 4.78 is 20.0. The predicted molar refractivity (Wildman–Crippen MR) is 77.4 cm³/mol. The number of nitrogens with zero attached hydrogens (tertiary/aromatic N) is 2. The van der Waals surface area contributed by atoms with Gasteiger partial charge in [0.15, 0.2) is 0 Å². The Morgan fingerprint density at radius 2 is 2.10 bits per heavy atom. The molecule has 0 saturated carbocycles. The van der Waals surface area contributed by atoms with Crippen LogP contribution in [0.25, 0.3) is 16.6 Å². The van der Waals surface area contributed by atoms with E-state index in [9.17, 15) is 9.18 Å². The maximum absolute atomic E-state index is 13.9. The topological polar surface area (TPSA) is 44.1 Å². The summed E-state index contributed by atoms with van der Waals surface area (Å²) in [4.78, 5) is 11.6. The van der Waals surface area contributed by atoms with Gasteiger partial charge >= 0.3 is 5.97 Å². The third kappa shape index (κ3) is 2.25. The lowest BCUT2D eigenvalue weighted by Crippen LogP contribution is -2.03. The number of para-hydroxylation sites is 1. The number of rotatable bonds is 2. The van der Waals surface area contributed by atoms with Crippen LogP contribution in [0.15, 0.2) is 42.6 Å². The number of benzene rings is 2. The number of carbonyl (C=O) groups excluding carboxylic acids is 1. The van der Waals surface area contributed by atoms with Gasteiger partial charge in [-0.05, 0) is 24.3 Å². The van der Waals surface area contributed by atoms with Gasteiger partial charge in [-0.1, -0.05) is 23.7 Å². The lowest BCUT2D eigenvalue weighted by atomic mass is 10.1. The zero-order chi connectivity index (χ0) is 15.0. The first-order chi connectivity index (χ1) is 10.1. The Morgan fingerprint density at radius 1 is 1.33 bits per heavy atom. The van der Waals surface area contributed by atoms with E-state index in [2.05, 4.69) is 9.84 Å². The van der Waals surface area contributed by atoms with Crippen LogP contribution in [0.5, 0.6) is 0 Å². The average Bonchev–Trinajstić information content (AvgIpc) is 2.88. The molecule has 0 bridgehead atoms. The zero-order valence-corrected chi connectivity index (χ0v) is 11.8. The SMILES string of the molecule is COC(=O)c1cc2cnn(-c3ccccc3F)c2cc1Cl. The first kappa shape index (κ1) is 13.6. The van der Waals surface area contributed by atoms with Gasteiger partial charge in [-0.2, -0.15) is 5.10 Å². The van der Waals surface area contributed by atoms with Crippen LogP contribution in [0.4, 0.5) is 4.39 Å². The van der Waals surface area contributed by atoms with Crippen molar-refractivity contribution in [3.05, 3.63) is 59.0 Å². The molecule has 3 aromatic rings. The minimum atomic E-state index is -0.527. The molecule has 0 N–H and O–H groups in total. The monoisotopic (exact) mass is 304 g/mol. The van der Waals surface area contributed by atoms with E-state index in [0.29, 0.717) is 16.6 Å². The second-order valence-corrected chi connectivity index (χ2v) is 4.80. The molecule has 0 saturated heterocycles.